The number of piperazine rings is 1. The first-order valence-electron chi connectivity index (χ1n) is 9.56. The van der Waals surface area contributed by atoms with Crippen molar-refractivity contribution < 1.29 is 14.3 Å². The lowest BCUT2D eigenvalue weighted by Gasteiger charge is -2.34. The highest BCUT2D eigenvalue weighted by Crippen LogP contribution is 2.22. The summed E-state index contributed by atoms with van der Waals surface area (Å²) in [6.07, 6.45) is 1.83. The lowest BCUT2D eigenvalue weighted by Crippen LogP contribution is -2.46. The van der Waals surface area contributed by atoms with E-state index in [4.69, 9.17) is 9.47 Å². The van der Waals surface area contributed by atoms with E-state index < -0.39 is 0 Å². The number of carbonyl (C=O) groups excluding carboxylic acids is 1. The Balaban J connectivity index is 1.57. The van der Waals surface area contributed by atoms with E-state index in [9.17, 15) is 4.79 Å². The number of anilines is 1. The van der Waals surface area contributed by atoms with Gasteiger partial charge in [-0.1, -0.05) is 13.0 Å². The van der Waals surface area contributed by atoms with Crippen molar-refractivity contribution in [2.45, 2.75) is 13.5 Å². The van der Waals surface area contributed by atoms with Gasteiger partial charge in [0, 0.05) is 50.6 Å². The number of carbonyl (C=O) groups is 1. The SMILES string of the molecule is CCN1CCN(c2ccc(CNC(=O)c3cc(OC)cc(OC)c3)cn2)CC1. The molecule has 0 unspecified atom stereocenters. The quantitative estimate of drug-likeness (QED) is 0.789. The largest absolute Gasteiger partial charge is 0.497 e. The van der Waals surface area contributed by atoms with Crippen LogP contribution in [0.4, 0.5) is 5.82 Å². The molecule has 0 atom stereocenters. The van der Waals surface area contributed by atoms with Gasteiger partial charge in [0.05, 0.1) is 14.2 Å². The molecular weight excluding hydrogens is 356 g/mol. The first-order valence-corrected chi connectivity index (χ1v) is 9.56. The number of nitrogens with one attached hydrogen (secondary N) is 1. The molecule has 1 aliphatic heterocycles. The van der Waals surface area contributed by atoms with Gasteiger partial charge in [-0.25, -0.2) is 4.98 Å². The van der Waals surface area contributed by atoms with Gasteiger partial charge in [-0.2, -0.15) is 0 Å². The number of hydrogen-bond donors (Lipinski definition) is 1. The van der Waals surface area contributed by atoms with Crippen LogP contribution in [0.15, 0.2) is 36.5 Å². The van der Waals surface area contributed by atoms with Crippen molar-refractivity contribution >= 4 is 11.7 Å². The van der Waals surface area contributed by atoms with Gasteiger partial charge in [0.15, 0.2) is 0 Å². The van der Waals surface area contributed by atoms with Crippen LogP contribution in [0.25, 0.3) is 0 Å². The standard InChI is InChI=1S/C21H28N4O3/c1-4-24-7-9-25(10-8-24)20-6-5-16(14-22-20)15-23-21(26)17-11-18(27-2)13-19(12-17)28-3/h5-6,11-14H,4,7-10,15H2,1-3H3,(H,23,26). The van der Waals surface area contributed by atoms with Gasteiger partial charge < -0.3 is 24.6 Å². The Bertz CT molecular complexity index is 764. The molecular formula is C21H28N4O3. The lowest BCUT2D eigenvalue weighted by atomic mass is 10.1. The first-order chi connectivity index (χ1) is 13.6. The average molecular weight is 384 g/mol. The number of methoxy groups -OCH3 is 2. The predicted octanol–water partition coefficient (Wildman–Crippen LogP) is 2.17. The maximum atomic E-state index is 12.5. The minimum atomic E-state index is -0.183. The highest BCUT2D eigenvalue weighted by Gasteiger charge is 2.16. The molecule has 2 aromatic rings. The number of rotatable bonds is 7. The van der Waals surface area contributed by atoms with Crippen LogP contribution in [0.3, 0.4) is 0 Å². The molecule has 1 aromatic heterocycles. The number of pyridine rings is 1. The smallest absolute Gasteiger partial charge is 0.251 e. The zero-order chi connectivity index (χ0) is 19.9. The van der Waals surface area contributed by atoms with E-state index in [1.54, 1.807) is 32.4 Å². The van der Waals surface area contributed by atoms with Crippen LogP contribution < -0.4 is 19.7 Å². The third-order valence-electron chi connectivity index (χ3n) is 5.02. The summed E-state index contributed by atoms with van der Waals surface area (Å²) in [5.41, 5.74) is 1.45. The molecule has 1 aromatic carbocycles. The number of nitrogens with zero attached hydrogens (tertiary/aromatic N) is 3. The van der Waals surface area contributed by atoms with Crippen LogP contribution >= 0.6 is 0 Å². The maximum Gasteiger partial charge on any atom is 0.251 e. The van der Waals surface area contributed by atoms with Gasteiger partial charge in [0.25, 0.3) is 5.91 Å². The Hall–Kier alpha value is -2.80. The molecule has 3 rings (SSSR count). The minimum absolute atomic E-state index is 0.183. The highest BCUT2D eigenvalue weighted by atomic mass is 16.5. The average Bonchev–Trinajstić information content (AvgIpc) is 2.77. The van der Waals surface area contributed by atoms with Gasteiger partial charge in [-0.3, -0.25) is 4.79 Å². The molecule has 1 N–H and O–H groups in total. The molecule has 1 saturated heterocycles. The van der Waals surface area contributed by atoms with Crippen LogP contribution in [0, 0.1) is 0 Å². The van der Waals surface area contributed by atoms with Crippen molar-refractivity contribution in [1.29, 1.82) is 0 Å². The van der Waals surface area contributed by atoms with E-state index >= 15 is 0 Å². The number of hydrogen-bond acceptors (Lipinski definition) is 6. The Morgan fingerprint density at radius 2 is 1.75 bits per heavy atom. The maximum absolute atomic E-state index is 12.5. The van der Waals surface area contributed by atoms with Crippen LogP contribution in [0.1, 0.15) is 22.8 Å². The number of amides is 1. The van der Waals surface area contributed by atoms with Crippen molar-refractivity contribution in [3.8, 4) is 11.5 Å². The molecule has 1 amide bonds. The fraction of sp³-hybridized carbons (Fsp3) is 0.429. The molecule has 2 heterocycles. The van der Waals surface area contributed by atoms with Crippen molar-refractivity contribution in [2.24, 2.45) is 0 Å². The van der Waals surface area contributed by atoms with Crippen LogP contribution in [-0.2, 0) is 6.54 Å². The molecule has 28 heavy (non-hydrogen) atoms. The Morgan fingerprint density at radius 1 is 1.07 bits per heavy atom. The summed E-state index contributed by atoms with van der Waals surface area (Å²) in [4.78, 5) is 21.8. The van der Waals surface area contributed by atoms with Gasteiger partial charge in [0.2, 0.25) is 0 Å². The molecule has 0 aliphatic carbocycles. The summed E-state index contributed by atoms with van der Waals surface area (Å²) in [5, 5.41) is 2.92. The number of ether oxygens (including phenoxy) is 2. The van der Waals surface area contributed by atoms with Crippen LogP contribution in [0.5, 0.6) is 11.5 Å². The molecule has 1 fully saturated rings. The molecule has 1 aliphatic rings. The number of aromatic nitrogens is 1. The molecule has 0 spiro atoms. The molecule has 150 valence electrons. The third-order valence-corrected chi connectivity index (χ3v) is 5.02. The van der Waals surface area contributed by atoms with Gasteiger partial charge in [0.1, 0.15) is 17.3 Å². The Kier molecular flexibility index (Phi) is 6.71. The topological polar surface area (TPSA) is 66.9 Å². The normalized spacial score (nSPS) is 14.6. The molecule has 7 heteroatoms. The first kappa shape index (κ1) is 19.9. The van der Waals surface area contributed by atoms with Crippen molar-refractivity contribution in [1.82, 2.24) is 15.2 Å². The summed E-state index contributed by atoms with van der Waals surface area (Å²) in [6.45, 7) is 7.83. The van der Waals surface area contributed by atoms with E-state index in [0.717, 1.165) is 44.1 Å². The van der Waals surface area contributed by atoms with Crippen LogP contribution in [-0.4, -0.2) is 62.7 Å². The third kappa shape index (κ3) is 4.92. The summed E-state index contributed by atoms with van der Waals surface area (Å²) in [5.74, 6) is 1.97. The van der Waals surface area contributed by atoms with Crippen molar-refractivity contribution in [3.05, 3.63) is 47.7 Å². The lowest BCUT2D eigenvalue weighted by molar-refractivity contribution is 0.0950. The van der Waals surface area contributed by atoms with Crippen molar-refractivity contribution in [2.75, 3.05) is 51.8 Å². The van der Waals surface area contributed by atoms with E-state index in [1.807, 2.05) is 18.3 Å². The molecule has 0 radical (unpaired) electrons. The Morgan fingerprint density at radius 3 is 2.29 bits per heavy atom. The van der Waals surface area contributed by atoms with Gasteiger partial charge in [-0.15, -0.1) is 0 Å². The van der Waals surface area contributed by atoms with Gasteiger partial charge in [-0.05, 0) is 30.3 Å². The van der Waals surface area contributed by atoms with E-state index in [-0.39, 0.29) is 5.91 Å². The van der Waals surface area contributed by atoms with Gasteiger partial charge >= 0.3 is 0 Å². The summed E-state index contributed by atoms with van der Waals surface area (Å²) in [7, 11) is 3.12. The van der Waals surface area contributed by atoms with Crippen molar-refractivity contribution in [3.63, 3.8) is 0 Å². The molecule has 7 nitrogen and oxygen atoms in total. The second-order valence-electron chi connectivity index (χ2n) is 6.73. The zero-order valence-corrected chi connectivity index (χ0v) is 16.8. The Labute approximate surface area is 166 Å². The summed E-state index contributed by atoms with van der Waals surface area (Å²) >= 11 is 0. The van der Waals surface area contributed by atoms with E-state index in [0.29, 0.717) is 23.6 Å². The summed E-state index contributed by atoms with van der Waals surface area (Å²) < 4.78 is 10.4. The molecule has 0 saturated carbocycles. The van der Waals surface area contributed by atoms with E-state index in [1.165, 1.54) is 0 Å². The predicted molar refractivity (Wildman–Crippen MR) is 109 cm³/mol. The highest BCUT2D eigenvalue weighted by molar-refractivity contribution is 5.95. The number of likely N-dealkylation sites (N-methyl/N-ethyl adjacent to an activating group) is 1. The monoisotopic (exact) mass is 384 g/mol. The minimum Gasteiger partial charge on any atom is -0.497 e. The zero-order valence-electron chi connectivity index (χ0n) is 16.8. The second kappa shape index (κ2) is 9.41. The molecule has 0 bridgehead atoms. The summed E-state index contributed by atoms with van der Waals surface area (Å²) in [6, 6.07) is 9.16. The second-order valence-corrected chi connectivity index (χ2v) is 6.73. The fourth-order valence-corrected chi connectivity index (χ4v) is 3.22. The van der Waals surface area contributed by atoms with E-state index in [2.05, 4.69) is 27.0 Å². The van der Waals surface area contributed by atoms with Crippen LogP contribution in [0.2, 0.25) is 0 Å². The number of benzene rings is 1. The fourth-order valence-electron chi connectivity index (χ4n) is 3.22.